The fraction of sp³-hybridized carbons (Fsp3) is 1.00. The maximum atomic E-state index is 5.24. The molecule has 0 aromatic carbocycles. The summed E-state index contributed by atoms with van der Waals surface area (Å²) in [5.41, 5.74) is 0. The molecule has 0 amide bonds. The number of hydrogen-bond acceptors (Lipinski definition) is 4. The van der Waals surface area contributed by atoms with Crippen molar-refractivity contribution in [2.45, 2.75) is 12.8 Å². The fourth-order valence-electron chi connectivity index (χ4n) is 2.83. The van der Waals surface area contributed by atoms with Gasteiger partial charge in [0.15, 0.2) is 0 Å². The second-order valence-electron chi connectivity index (χ2n) is 5.33. The summed E-state index contributed by atoms with van der Waals surface area (Å²) < 4.78 is 5.24. The van der Waals surface area contributed by atoms with E-state index in [2.05, 4.69) is 15.1 Å². The largest absolute Gasteiger partial charge is 0.384 e. The minimum atomic E-state index is 0.801. The monoisotopic (exact) mass is 241 g/mol. The van der Waals surface area contributed by atoms with E-state index < -0.39 is 0 Å². The smallest absolute Gasteiger partial charge is 0.0491 e. The van der Waals surface area contributed by atoms with Gasteiger partial charge in [0.25, 0.3) is 0 Å². The second-order valence-corrected chi connectivity index (χ2v) is 5.33. The molecular formula is C13H27N3O. The van der Waals surface area contributed by atoms with Crippen molar-refractivity contribution in [1.29, 1.82) is 0 Å². The molecule has 2 saturated heterocycles. The first-order chi connectivity index (χ1) is 8.38. The summed E-state index contributed by atoms with van der Waals surface area (Å²) >= 11 is 0. The highest BCUT2D eigenvalue weighted by atomic mass is 16.5. The Morgan fingerprint density at radius 2 is 1.59 bits per heavy atom. The van der Waals surface area contributed by atoms with Gasteiger partial charge < -0.3 is 15.0 Å². The van der Waals surface area contributed by atoms with Gasteiger partial charge in [-0.05, 0) is 31.8 Å². The van der Waals surface area contributed by atoms with Crippen LogP contribution in [0.15, 0.2) is 0 Å². The molecule has 2 fully saturated rings. The van der Waals surface area contributed by atoms with E-state index in [4.69, 9.17) is 4.74 Å². The molecule has 0 aliphatic carbocycles. The number of rotatable bonds is 5. The molecule has 0 radical (unpaired) electrons. The van der Waals surface area contributed by atoms with Crippen molar-refractivity contribution in [3.63, 3.8) is 0 Å². The lowest BCUT2D eigenvalue weighted by atomic mass is 9.98. The zero-order chi connectivity index (χ0) is 11.9. The van der Waals surface area contributed by atoms with E-state index in [1.165, 1.54) is 52.1 Å². The number of piperazine rings is 1. The van der Waals surface area contributed by atoms with E-state index in [0.717, 1.165) is 25.6 Å². The van der Waals surface area contributed by atoms with Crippen molar-refractivity contribution < 1.29 is 4.74 Å². The van der Waals surface area contributed by atoms with Crippen molar-refractivity contribution in [2.75, 3.05) is 66.1 Å². The van der Waals surface area contributed by atoms with Crippen LogP contribution in [0.1, 0.15) is 12.8 Å². The molecule has 0 spiro atoms. The van der Waals surface area contributed by atoms with Crippen LogP contribution in [0.25, 0.3) is 0 Å². The van der Waals surface area contributed by atoms with Gasteiger partial charge in [-0.2, -0.15) is 0 Å². The summed E-state index contributed by atoms with van der Waals surface area (Å²) in [6, 6.07) is 0. The van der Waals surface area contributed by atoms with Gasteiger partial charge in [-0.25, -0.2) is 0 Å². The average Bonchev–Trinajstić information content (AvgIpc) is 2.40. The van der Waals surface area contributed by atoms with Gasteiger partial charge in [-0.15, -0.1) is 0 Å². The van der Waals surface area contributed by atoms with Crippen LogP contribution in [-0.4, -0.2) is 75.9 Å². The minimum Gasteiger partial charge on any atom is -0.384 e. The number of piperidine rings is 1. The molecule has 0 saturated carbocycles. The lowest BCUT2D eigenvalue weighted by molar-refractivity contribution is 0.0926. The molecule has 2 rings (SSSR count). The Kier molecular flexibility index (Phi) is 5.71. The molecule has 0 unspecified atom stereocenters. The summed E-state index contributed by atoms with van der Waals surface area (Å²) in [6.45, 7) is 10.7. The van der Waals surface area contributed by atoms with Crippen molar-refractivity contribution in [3.05, 3.63) is 0 Å². The number of likely N-dealkylation sites (tertiary alicyclic amines) is 1. The Morgan fingerprint density at radius 3 is 2.18 bits per heavy atom. The van der Waals surface area contributed by atoms with Crippen molar-refractivity contribution in [1.82, 2.24) is 15.1 Å². The van der Waals surface area contributed by atoms with E-state index in [0.29, 0.717) is 0 Å². The maximum absolute atomic E-state index is 5.24. The van der Waals surface area contributed by atoms with Gasteiger partial charge in [-0.3, -0.25) is 4.90 Å². The highest BCUT2D eigenvalue weighted by molar-refractivity contribution is 4.74. The van der Waals surface area contributed by atoms with Crippen LogP contribution in [0.4, 0.5) is 0 Å². The molecule has 100 valence electrons. The van der Waals surface area contributed by atoms with Crippen molar-refractivity contribution in [2.24, 2.45) is 5.92 Å². The van der Waals surface area contributed by atoms with Gasteiger partial charge in [-0.1, -0.05) is 0 Å². The van der Waals surface area contributed by atoms with Crippen LogP contribution in [0.3, 0.4) is 0 Å². The maximum Gasteiger partial charge on any atom is 0.0491 e. The lowest BCUT2D eigenvalue weighted by Crippen LogP contribution is -2.47. The summed E-state index contributed by atoms with van der Waals surface area (Å²) in [7, 11) is 1.82. The van der Waals surface area contributed by atoms with Crippen LogP contribution in [0.5, 0.6) is 0 Å². The number of methoxy groups -OCH3 is 1. The molecule has 4 nitrogen and oxygen atoms in total. The molecular weight excluding hydrogens is 214 g/mol. The normalized spacial score (nSPS) is 25.2. The van der Waals surface area contributed by atoms with Crippen molar-refractivity contribution >= 4 is 0 Å². The van der Waals surface area contributed by atoms with Crippen LogP contribution < -0.4 is 5.32 Å². The minimum absolute atomic E-state index is 0.801. The van der Waals surface area contributed by atoms with Crippen LogP contribution in [-0.2, 0) is 4.74 Å². The highest BCUT2D eigenvalue weighted by Gasteiger charge is 2.19. The molecule has 0 aromatic rings. The van der Waals surface area contributed by atoms with Crippen LogP contribution >= 0.6 is 0 Å². The topological polar surface area (TPSA) is 27.7 Å². The number of hydrogen-bond donors (Lipinski definition) is 1. The van der Waals surface area contributed by atoms with E-state index in [1.807, 2.05) is 7.11 Å². The van der Waals surface area contributed by atoms with Gasteiger partial charge in [0, 0.05) is 53.0 Å². The molecule has 2 aliphatic rings. The van der Waals surface area contributed by atoms with E-state index in [1.54, 1.807) is 0 Å². The molecule has 2 aliphatic heterocycles. The van der Waals surface area contributed by atoms with Gasteiger partial charge >= 0.3 is 0 Å². The first-order valence-electron chi connectivity index (χ1n) is 7.03. The SMILES string of the molecule is COCC1CCN(CCN2CCNCC2)CC1. The zero-order valence-electron chi connectivity index (χ0n) is 11.2. The summed E-state index contributed by atoms with van der Waals surface area (Å²) in [4.78, 5) is 5.20. The third kappa shape index (κ3) is 4.54. The zero-order valence-corrected chi connectivity index (χ0v) is 11.2. The van der Waals surface area contributed by atoms with Gasteiger partial charge in [0.2, 0.25) is 0 Å². The van der Waals surface area contributed by atoms with Gasteiger partial charge in [0.1, 0.15) is 0 Å². The number of ether oxygens (including phenoxy) is 1. The Hall–Kier alpha value is -0.160. The molecule has 0 atom stereocenters. The Morgan fingerprint density at radius 1 is 1.00 bits per heavy atom. The first-order valence-corrected chi connectivity index (χ1v) is 7.03. The lowest BCUT2D eigenvalue weighted by Gasteiger charge is -2.34. The Balaban J connectivity index is 1.57. The third-order valence-electron chi connectivity index (χ3n) is 4.05. The van der Waals surface area contributed by atoms with E-state index >= 15 is 0 Å². The average molecular weight is 241 g/mol. The number of nitrogens with zero attached hydrogens (tertiary/aromatic N) is 2. The predicted molar refractivity (Wildman–Crippen MR) is 70.3 cm³/mol. The third-order valence-corrected chi connectivity index (χ3v) is 4.05. The highest BCUT2D eigenvalue weighted by Crippen LogP contribution is 2.16. The summed E-state index contributed by atoms with van der Waals surface area (Å²) in [5, 5.41) is 3.40. The molecule has 2 heterocycles. The molecule has 4 heteroatoms. The van der Waals surface area contributed by atoms with Crippen LogP contribution in [0.2, 0.25) is 0 Å². The van der Waals surface area contributed by atoms with E-state index in [-0.39, 0.29) is 0 Å². The second kappa shape index (κ2) is 7.31. The summed E-state index contributed by atoms with van der Waals surface area (Å²) in [6.07, 6.45) is 2.63. The van der Waals surface area contributed by atoms with Crippen LogP contribution in [0, 0.1) is 5.92 Å². The molecule has 0 bridgehead atoms. The quantitative estimate of drug-likeness (QED) is 0.747. The fourth-order valence-corrected chi connectivity index (χ4v) is 2.83. The molecule has 17 heavy (non-hydrogen) atoms. The first kappa shape index (κ1) is 13.3. The van der Waals surface area contributed by atoms with Crippen molar-refractivity contribution in [3.8, 4) is 0 Å². The molecule has 1 N–H and O–H groups in total. The predicted octanol–water partition coefficient (Wildman–Crippen LogP) is 0.250. The standard InChI is InChI=1S/C13H27N3O/c1-17-12-13-2-6-15(7-3-13)10-11-16-8-4-14-5-9-16/h13-14H,2-12H2,1H3. The number of nitrogens with one attached hydrogen (secondary N) is 1. The Labute approximate surface area is 105 Å². The molecule has 0 aromatic heterocycles. The van der Waals surface area contributed by atoms with Gasteiger partial charge in [0.05, 0.1) is 0 Å². The summed E-state index contributed by atoms with van der Waals surface area (Å²) in [5.74, 6) is 0.801. The Bertz CT molecular complexity index is 199. The van der Waals surface area contributed by atoms with E-state index in [9.17, 15) is 0 Å².